The number of hydrogen-bond donors (Lipinski definition) is 1. The van der Waals surface area contributed by atoms with Crippen LogP contribution in [-0.4, -0.2) is 57.2 Å². The standard InChI is InChI=1S/C26H31N3O4/c1-3-32-23-10-6-20(7-11-23)26(30)27-19-24(25-5-4-18-33-25)29-16-14-28(15-17-29)21-8-12-22(31-2)13-9-21/h4-13,18,24H,3,14-17,19H2,1-2H3,(H,27,30). The minimum atomic E-state index is -0.105. The first-order valence-electron chi connectivity index (χ1n) is 11.4. The van der Waals surface area contributed by atoms with E-state index in [0.29, 0.717) is 18.7 Å². The van der Waals surface area contributed by atoms with Crippen LogP contribution < -0.4 is 19.7 Å². The van der Waals surface area contributed by atoms with Crippen molar-refractivity contribution in [3.8, 4) is 11.5 Å². The average molecular weight is 450 g/mol. The van der Waals surface area contributed by atoms with Crippen LogP contribution in [0, 0.1) is 0 Å². The number of ether oxygens (including phenoxy) is 2. The van der Waals surface area contributed by atoms with Crippen LogP contribution in [0.1, 0.15) is 29.1 Å². The van der Waals surface area contributed by atoms with Crippen molar-refractivity contribution in [1.82, 2.24) is 10.2 Å². The summed E-state index contributed by atoms with van der Waals surface area (Å²) in [7, 11) is 1.68. The molecule has 0 saturated carbocycles. The number of nitrogens with one attached hydrogen (secondary N) is 1. The number of hydrogen-bond acceptors (Lipinski definition) is 6. The SMILES string of the molecule is CCOc1ccc(C(=O)NCC(c2ccco2)N2CCN(c3ccc(OC)cc3)CC2)cc1. The molecule has 0 radical (unpaired) electrons. The van der Waals surface area contributed by atoms with Gasteiger partial charge in [-0.1, -0.05) is 0 Å². The number of carbonyl (C=O) groups excluding carboxylic acids is 1. The normalized spacial score (nSPS) is 15.2. The number of anilines is 1. The lowest BCUT2D eigenvalue weighted by atomic mass is 10.1. The van der Waals surface area contributed by atoms with Gasteiger partial charge in [-0.05, 0) is 67.6 Å². The van der Waals surface area contributed by atoms with Crippen molar-refractivity contribution >= 4 is 11.6 Å². The fraction of sp³-hybridized carbons (Fsp3) is 0.346. The van der Waals surface area contributed by atoms with Crippen LogP contribution in [0.3, 0.4) is 0 Å². The molecule has 1 atom stereocenters. The lowest BCUT2D eigenvalue weighted by Crippen LogP contribution is -2.49. The zero-order chi connectivity index (χ0) is 23.0. The second-order valence-electron chi connectivity index (χ2n) is 7.92. The van der Waals surface area contributed by atoms with E-state index in [-0.39, 0.29) is 11.9 Å². The molecule has 1 aromatic heterocycles. The van der Waals surface area contributed by atoms with E-state index in [0.717, 1.165) is 43.4 Å². The summed E-state index contributed by atoms with van der Waals surface area (Å²) >= 11 is 0. The van der Waals surface area contributed by atoms with Crippen molar-refractivity contribution in [2.24, 2.45) is 0 Å². The molecule has 0 spiro atoms. The molecule has 0 bridgehead atoms. The Hall–Kier alpha value is -3.45. The number of furan rings is 1. The third-order valence-electron chi connectivity index (χ3n) is 5.95. The van der Waals surface area contributed by atoms with E-state index in [1.165, 1.54) is 5.69 Å². The lowest BCUT2D eigenvalue weighted by Gasteiger charge is -2.39. The van der Waals surface area contributed by atoms with Crippen LogP contribution >= 0.6 is 0 Å². The lowest BCUT2D eigenvalue weighted by molar-refractivity contribution is 0.0923. The van der Waals surface area contributed by atoms with E-state index in [1.54, 1.807) is 25.5 Å². The number of rotatable bonds is 9. The molecule has 2 aromatic carbocycles. The highest BCUT2D eigenvalue weighted by molar-refractivity contribution is 5.94. The van der Waals surface area contributed by atoms with E-state index in [4.69, 9.17) is 13.9 Å². The Labute approximate surface area is 194 Å². The zero-order valence-electron chi connectivity index (χ0n) is 19.2. The Morgan fingerprint density at radius 3 is 2.30 bits per heavy atom. The molecule has 1 amide bonds. The van der Waals surface area contributed by atoms with Gasteiger partial charge >= 0.3 is 0 Å². The molecule has 174 valence electrons. The van der Waals surface area contributed by atoms with Gasteiger partial charge in [-0.15, -0.1) is 0 Å². The Bertz CT molecular complexity index is 995. The topological polar surface area (TPSA) is 67.2 Å². The molecule has 1 unspecified atom stereocenters. The van der Waals surface area contributed by atoms with E-state index < -0.39 is 0 Å². The quantitative estimate of drug-likeness (QED) is 0.533. The summed E-state index contributed by atoms with van der Waals surface area (Å²) in [4.78, 5) is 17.5. The first-order chi connectivity index (χ1) is 16.2. The minimum Gasteiger partial charge on any atom is -0.497 e. The van der Waals surface area contributed by atoms with Gasteiger partial charge in [0, 0.05) is 44.0 Å². The van der Waals surface area contributed by atoms with Crippen LogP contribution in [0.15, 0.2) is 71.3 Å². The zero-order valence-corrected chi connectivity index (χ0v) is 19.2. The van der Waals surface area contributed by atoms with Crippen molar-refractivity contribution < 1.29 is 18.7 Å². The summed E-state index contributed by atoms with van der Waals surface area (Å²) in [5, 5.41) is 3.08. The minimum absolute atomic E-state index is 0.0235. The molecule has 7 nitrogen and oxygen atoms in total. The highest BCUT2D eigenvalue weighted by Crippen LogP contribution is 2.25. The van der Waals surface area contributed by atoms with Gasteiger partial charge in [0.05, 0.1) is 26.0 Å². The molecule has 3 aromatic rings. The predicted octanol–water partition coefficient (Wildman–Crippen LogP) is 3.98. The van der Waals surface area contributed by atoms with Crippen LogP contribution in [0.25, 0.3) is 0 Å². The van der Waals surface area contributed by atoms with Crippen LogP contribution in [0.2, 0.25) is 0 Å². The summed E-state index contributed by atoms with van der Waals surface area (Å²) in [6.45, 7) is 6.55. The molecule has 1 saturated heterocycles. The molecule has 2 heterocycles. The maximum Gasteiger partial charge on any atom is 0.251 e. The maximum atomic E-state index is 12.7. The van der Waals surface area contributed by atoms with Crippen LogP contribution in [-0.2, 0) is 0 Å². The summed E-state index contributed by atoms with van der Waals surface area (Å²) in [6, 6.07) is 19.2. The van der Waals surface area contributed by atoms with Gasteiger partial charge in [0.2, 0.25) is 0 Å². The molecule has 1 N–H and O–H groups in total. The Morgan fingerprint density at radius 1 is 1.00 bits per heavy atom. The smallest absolute Gasteiger partial charge is 0.251 e. The molecule has 1 aliphatic heterocycles. The highest BCUT2D eigenvalue weighted by atomic mass is 16.5. The first kappa shape index (κ1) is 22.7. The Kier molecular flexibility index (Phi) is 7.52. The van der Waals surface area contributed by atoms with Gasteiger partial charge in [-0.3, -0.25) is 9.69 Å². The second-order valence-corrected chi connectivity index (χ2v) is 7.92. The third-order valence-corrected chi connectivity index (χ3v) is 5.95. The fourth-order valence-corrected chi connectivity index (χ4v) is 4.14. The molecule has 33 heavy (non-hydrogen) atoms. The number of piperazine rings is 1. The molecule has 4 rings (SSSR count). The predicted molar refractivity (Wildman–Crippen MR) is 128 cm³/mol. The fourth-order valence-electron chi connectivity index (χ4n) is 4.14. The number of methoxy groups -OCH3 is 1. The molecule has 1 aliphatic rings. The monoisotopic (exact) mass is 449 g/mol. The van der Waals surface area contributed by atoms with Crippen molar-refractivity contribution in [1.29, 1.82) is 0 Å². The highest BCUT2D eigenvalue weighted by Gasteiger charge is 2.27. The summed E-state index contributed by atoms with van der Waals surface area (Å²) in [6.07, 6.45) is 1.68. The molecule has 0 aliphatic carbocycles. The van der Waals surface area contributed by atoms with E-state index in [9.17, 15) is 4.79 Å². The Morgan fingerprint density at radius 2 is 1.70 bits per heavy atom. The third kappa shape index (κ3) is 5.68. The summed E-state index contributed by atoms with van der Waals surface area (Å²) < 4.78 is 16.5. The second kappa shape index (κ2) is 10.9. The van der Waals surface area contributed by atoms with Gasteiger partial charge < -0.3 is 24.1 Å². The summed E-state index contributed by atoms with van der Waals surface area (Å²) in [5.74, 6) is 2.38. The number of benzene rings is 2. The van der Waals surface area contributed by atoms with E-state index >= 15 is 0 Å². The largest absolute Gasteiger partial charge is 0.497 e. The maximum absolute atomic E-state index is 12.7. The van der Waals surface area contributed by atoms with Crippen molar-refractivity contribution in [2.75, 3.05) is 51.3 Å². The molecule has 7 heteroatoms. The molecule has 1 fully saturated rings. The van der Waals surface area contributed by atoms with Crippen LogP contribution in [0.5, 0.6) is 11.5 Å². The van der Waals surface area contributed by atoms with Crippen LogP contribution in [0.4, 0.5) is 5.69 Å². The number of carbonyl (C=O) groups is 1. The van der Waals surface area contributed by atoms with E-state index in [1.807, 2.05) is 43.3 Å². The molecular formula is C26H31N3O4. The van der Waals surface area contributed by atoms with Gasteiger partial charge in [0.1, 0.15) is 17.3 Å². The van der Waals surface area contributed by atoms with Gasteiger partial charge in [0.15, 0.2) is 0 Å². The van der Waals surface area contributed by atoms with Gasteiger partial charge in [-0.25, -0.2) is 0 Å². The van der Waals surface area contributed by atoms with Crippen molar-refractivity contribution in [3.05, 3.63) is 78.3 Å². The van der Waals surface area contributed by atoms with Gasteiger partial charge in [-0.2, -0.15) is 0 Å². The average Bonchev–Trinajstić information content (AvgIpc) is 3.40. The number of nitrogens with zero attached hydrogens (tertiary/aromatic N) is 2. The number of amides is 1. The van der Waals surface area contributed by atoms with E-state index in [2.05, 4.69) is 27.2 Å². The first-order valence-corrected chi connectivity index (χ1v) is 11.4. The molecular weight excluding hydrogens is 418 g/mol. The Balaban J connectivity index is 1.37. The summed E-state index contributed by atoms with van der Waals surface area (Å²) in [5.41, 5.74) is 1.80. The van der Waals surface area contributed by atoms with Crippen molar-refractivity contribution in [3.63, 3.8) is 0 Å². The van der Waals surface area contributed by atoms with Gasteiger partial charge in [0.25, 0.3) is 5.91 Å². The van der Waals surface area contributed by atoms with Crippen molar-refractivity contribution in [2.45, 2.75) is 13.0 Å².